The van der Waals surface area contributed by atoms with Crippen LogP contribution in [0.1, 0.15) is 11.4 Å². The van der Waals surface area contributed by atoms with E-state index >= 15 is 0 Å². The van der Waals surface area contributed by atoms with Gasteiger partial charge in [0.2, 0.25) is 0 Å². The summed E-state index contributed by atoms with van der Waals surface area (Å²) in [6.07, 6.45) is -4.80. The first-order chi connectivity index (χ1) is 13.3. The summed E-state index contributed by atoms with van der Waals surface area (Å²) in [5.41, 5.74) is 7.52. The molecule has 0 atom stereocenters. The number of hydrogen-bond donors (Lipinski definition) is 3. The first kappa shape index (κ1) is 22.5. The van der Waals surface area contributed by atoms with Gasteiger partial charge >= 0.3 is 6.36 Å². The van der Waals surface area contributed by atoms with Crippen molar-refractivity contribution in [1.82, 2.24) is 15.2 Å². The molecule has 0 fully saturated rings. The number of anilines is 1. The fraction of sp³-hybridized carbons (Fsp3) is 0.167. The maximum absolute atomic E-state index is 12.5. The number of aromatic amines is 1. The van der Waals surface area contributed by atoms with E-state index < -0.39 is 12.1 Å². The molecule has 0 saturated heterocycles. The summed E-state index contributed by atoms with van der Waals surface area (Å²) in [6, 6.07) is 13.0. The van der Waals surface area contributed by atoms with E-state index in [9.17, 15) is 13.2 Å². The minimum absolute atomic E-state index is 0. The van der Waals surface area contributed by atoms with Crippen molar-refractivity contribution in [1.29, 1.82) is 0 Å². The first-order valence-corrected chi connectivity index (χ1v) is 8.20. The topological polar surface area (TPSA) is 101 Å². The van der Waals surface area contributed by atoms with E-state index in [1.807, 2.05) is 24.3 Å². The Bertz CT molecular complexity index is 989. The van der Waals surface area contributed by atoms with Gasteiger partial charge in [0.05, 0.1) is 12.2 Å². The zero-order valence-corrected chi connectivity index (χ0v) is 17.5. The fourth-order valence-electron chi connectivity index (χ4n) is 2.42. The molecule has 0 aliphatic heterocycles. The molecule has 0 unspecified atom stereocenters. The van der Waals surface area contributed by atoms with Gasteiger partial charge in [-0.1, -0.05) is 30.3 Å². The molecule has 29 heavy (non-hydrogen) atoms. The quantitative estimate of drug-likeness (QED) is 0.267. The van der Waals surface area contributed by atoms with Gasteiger partial charge in [-0.25, -0.2) is 9.98 Å². The van der Waals surface area contributed by atoms with Crippen LogP contribution in [0.25, 0.3) is 11.4 Å². The Balaban J connectivity index is 0.00000300. The Kier molecular flexibility index (Phi) is 7.42. The highest BCUT2D eigenvalue weighted by atomic mass is 127. The van der Waals surface area contributed by atoms with Crippen molar-refractivity contribution in [3.05, 3.63) is 59.9 Å². The molecule has 4 N–H and O–H groups in total. The van der Waals surface area contributed by atoms with Crippen molar-refractivity contribution >= 4 is 35.6 Å². The third-order valence-electron chi connectivity index (χ3n) is 3.59. The van der Waals surface area contributed by atoms with E-state index in [1.165, 1.54) is 18.2 Å². The van der Waals surface area contributed by atoms with E-state index in [-0.39, 0.29) is 42.2 Å². The summed E-state index contributed by atoms with van der Waals surface area (Å²) in [5, 5.41) is 9.50. The van der Waals surface area contributed by atoms with Crippen molar-refractivity contribution in [2.24, 2.45) is 10.7 Å². The van der Waals surface area contributed by atoms with E-state index in [0.717, 1.165) is 11.1 Å². The molecule has 154 valence electrons. The first-order valence-electron chi connectivity index (χ1n) is 8.20. The van der Waals surface area contributed by atoms with Crippen molar-refractivity contribution in [2.75, 3.05) is 5.32 Å². The average Bonchev–Trinajstić information content (AvgIpc) is 3.07. The van der Waals surface area contributed by atoms with Crippen LogP contribution in [-0.2, 0) is 6.54 Å². The minimum Gasteiger partial charge on any atom is -0.404 e. The molecule has 0 aliphatic carbocycles. The Labute approximate surface area is 181 Å². The second kappa shape index (κ2) is 9.58. The van der Waals surface area contributed by atoms with E-state index in [2.05, 4.69) is 30.2 Å². The maximum atomic E-state index is 12.5. The van der Waals surface area contributed by atoms with Gasteiger partial charge in [-0.2, -0.15) is 5.10 Å². The molecule has 0 bridgehead atoms. The summed E-state index contributed by atoms with van der Waals surface area (Å²) in [4.78, 5) is 8.43. The third-order valence-corrected chi connectivity index (χ3v) is 3.59. The van der Waals surface area contributed by atoms with Crippen LogP contribution in [-0.4, -0.2) is 27.5 Å². The van der Waals surface area contributed by atoms with Crippen LogP contribution in [0.2, 0.25) is 0 Å². The second-order valence-electron chi connectivity index (χ2n) is 5.82. The van der Waals surface area contributed by atoms with Gasteiger partial charge in [-0.3, -0.25) is 5.10 Å². The third kappa shape index (κ3) is 6.62. The van der Waals surface area contributed by atoms with Gasteiger partial charge in [-0.05, 0) is 30.7 Å². The number of halogens is 4. The van der Waals surface area contributed by atoms with Crippen LogP contribution in [0.5, 0.6) is 5.75 Å². The maximum Gasteiger partial charge on any atom is 0.573 e. The molecular formula is C18H18F3IN6O. The molecule has 1 aromatic heterocycles. The number of guanidine groups is 1. The normalized spacial score (nSPS) is 11.7. The highest BCUT2D eigenvalue weighted by Gasteiger charge is 2.32. The summed E-state index contributed by atoms with van der Waals surface area (Å²) < 4.78 is 41.4. The zero-order chi connectivity index (χ0) is 20.1. The monoisotopic (exact) mass is 518 g/mol. The molecule has 0 aliphatic rings. The molecule has 11 heteroatoms. The van der Waals surface area contributed by atoms with Crippen LogP contribution >= 0.6 is 24.0 Å². The molecule has 0 radical (unpaired) electrons. The fourth-order valence-corrected chi connectivity index (χ4v) is 2.42. The number of rotatable bonds is 5. The number of ether oxygens (including phenoxy) is 1. The largest absolute Gasteiger partial charge is 0.573 e. The van der Waals surface area contributed by atoms with Gasteiger partial charge in [-0.15, -0.1) is 37.1 Å². The predicted molar refractivity (Wildman–Crippen MR) is 114 cm³/mol. The molecule has 2 aromatic carbocycles. The number of hydrogen-bond acceptors (Lipinski definition) is 4. The number of aryl methyl sites for hydroxylation is 1. The number of para-hydroxylation sites is 2. The number of aromatic nitrogens is 3. The summed E-state index contributed by atoms with van der Waals surface area (Å²) in [5.74, 6) is 0.826. The Morgan fingerprint density at radius 2 is 1.97 bits per heavy atom. The molecule has 0 spiro atoms. The highest BCUT2D eigenvalue weighted by molar-refractivity contribution is 14.0. The van der Waals surface area contributed by atoms with Crippen molar-refractivity contribution < 1.29 is 17.9 Å². The van der Waals surface area contributed by atoms with Crippen molar-refractivity contribution in [2.45, 2.75) is 19.8 Å². The lowest BCUT2D eigenvalue weighted by Crippen LogP contribution is -2.24. The molecule has 1 heterocycles. The molecule has 3 rings (SSSR count). The lowest BCUT2D eigenvalue weighted by Gasteiger charge is -2.14. The smallest absolute Gasteiger partial charge is 0.404 e. The highest BCUT2D eigenvalue weighted by Crippen LogP contribution is 2.29. The summed E-state index contributed by atoms with van der Waals surface area (Å²) in [6.45, 7) is 2.02. The van der Waals surface area contributed by atoms with Gasteiger partial charge in [0, 0.05) is 5.56 Å². The van der Waals surface area contributed by atoms with Crippen LogP contribution < -0.4 is 15.8 Å². The lowest BCUT2D eigenvalue weighted by atomic mass is 10.1. The number of nitrogens with zero attached hydrogens (tertiary/aromatic N) is 3. The Morgan fingerprint density at radius 3 is 2.66 bits per heavy atom. The standard InChI is InChI=1S/C18H17F3N6O.HI/c1-11-24-16(27-26-11)13-6-4-5-12(9-13)10-23-17(22)25-14-7-2-3-8-15(14)28-18(19,20)21;/h2-9H,10H2,1H3,(H3,22,23,25)(H,24,26,27);1H. The SMILES string of the molecule is Cc1nc(-c2cccc(CN=C(N)Nc3ccccc3OC(F)(F)F)c2)n[nH]1.I. The number of nitrogens with one attached hydrogen (secondary N) is 2. The number of nitrogens with two attached hydrogens (primary N) is 1. The molecule has 0 saturated carbocycles. The lowest BCUT2D eigenvalue weighted by molar-refractivity contribution is -0.274. The number of H-pyrrole nitrogens is 1. The van der Waals surface area contributed by atoms with E-state index in [4.69, 9.17) is 5.73 Å². The van der Waals surface area contributed by atoms with Crippen LogP contribution in [0, 0.1) is 6.92 Å². The van der Waals surface area contributed by atoms with Crippen LogP contribution in [0.3, 0.4) is 0 Å². The van der Waals surface area contributed by atoms with Gasteiger partial charge < -0.3 is 15.8 Å². The number of aliphatic imine (C=N–C) groups is 1. The predicted octanol–water partition coefficient (Wildman–Crippen LogP) is 4.22. The van der Waals surface area contributed by atoms with Gasteiger partial charge in [0.1, 0.15) is 5.82 Å². The molecule has 7 nitrogen and oxygen atoms in total. The Hall–Kier alpha value is -2.83. The molecular weight excluding hydrogens is 500 g/mol. The van der Waals surface area contributed by atoms with Crippen LogP contribution in [0.15, 0.2) is 53.5 Å². The van der Waals surface area contributed by atoms with Gasteiger partial charge in [0.25, 0.3) is 0 Å². The molecule has 3 aromatic rings. The van der Waals surface area contributed by atoms with Crippen molar-refractivity contribution in [3.8, 4) is 17.1 Å². The van der Waals surface area contributed by atoms with E-state index in [0.29, 0.717) is 11.6 Å². The summed E-state index contributed by atoms with van der Waals surface area (Å²) in [7, 11) is 0. The number of benzene rings is 2. The van der Waals surface area contributed by atoms with E-state index in [1.54, 1.807) is 13.0 Å². The average molecular weight is 518 g/mol. The Morgan fingerprint density at radius 1 is 1.21 bits per heavy atom. The van der Waals surface area contributed by atoms with Crippen molar-refractivity contribution in [3.63, 3.8) is 0 Å². The minimum atomic E-state index is -4.80. The van der Waals surface area contributed by atoms with Gasteiger partial charge in [0.15, 0.2) is 17.5 Å². The molecule has 0 amide bonds. The summed E-state index contributed by atoms with van der Waals surface area (Å²) >= 11 is 0. The van der Waals surface area contributed by atoms with Crippen LogP contribution in [0.4, 0.5) is 18.9 Å². The number of alkyl halides is 3. The zero-order valence-electron chi connectivity index (χ0n) is 15.2. The second-order valence-corrected chi connectivity index (χ2v) is 5.82.